The predicted molar refractivity (Wildman–Crippen MR) is 221 cm³/mol. The molecular weight excluding hydrogens is 609 g/mol. The third-order valence-corrected chi connectivity index (χ3v) is 9.90. The fraction of sp³-hybridized carbons (Fsp3) is 0.489. The molecule has 3 nitrogen and oxygen atoms in total. The molecule has 0 unspecified atom stereocenters. The van der Waals surface area contributed by atoms with Crippen LogP contribution < -0.4 is 14.5 Å². The molecule has 1 aliphatic carbocycles. The Kier molecular flexibility index (Phi) is 16.5. The van der Waals surface area contributed by atoms with Crippen molar-refractivity contribution in [2.45, 2.75) is 118 Å². The second kappa shape index (κ2) is 20.2. The van der Waals surface area contributed by atoms with E-state index in [0.29, 0.717) is 23.7 Å². The molecule has 2 aliphatic rings. The highest BCUT2D eigenvalue weighted by molar-refractivity contribution is 5.59. The Morgan fingerprint density at radius 2 is 1.06 bits per heavy atom. The molecule has 0 amide bonds. The van der Waals surface area contributed by atoms with E-state index in [1.807, 2.05) is 12.1 Å². The van der Waals surface area contributed by atoms with Crippen molar-refractivity contribution in [3.8, 4) is 5.75 Å². The first-order chi connectivity index (χ1) is 23.8. The highest BCUT2D eigenvalue weighted by Crippen LogP contribution is 2.31. The summed E-state index contributed by atoms with van der Waals surface area (Å²) in [7, 11) is 5.80. The predicted octanol–water partition coefficient (Wildman–Crippen LogP) is 12.6. The molecule has 0 fully saturated rings. The third-order valence-electron chi connectivity index (χ3n) is 9.90. The van der Waals surface area contributed by atoms with E-state index < -0.39 is 0 Å². The lowest BCUT2D eigenvalue weighted by Crippen LogP contribution is -2.20. The van der Waals surface area contributed by atoms with Crippen LogP contribution in [0.1, 0.15) is 138 Å². The van der Waals surface area contributed by atoms with Crippen LogP contribution in [0.25, 0.3) is 0 Å². The molecule has 0 saturated carbocycles. The first-order valence-corrected chi connectivity index (χ1v) is 19.2. The molecular formula is C47H68N2O. The van der Waals surface area contributed by atoms with E-state index in [-0.39, 0.29) is 0 Å². The summed E-state index contributed by atoms with van der Waals surface area (Å²) in [4.78, 5) is 4.63. The van der Waals surface area contributed by atoms with Gasteiger partial charge in [0.25, 0.3) is 0 Å². The molecule has 0 spiro atoms. The van der Waals surface area contributed by atoms with Gasteiger partial charge in [0, 0.05) is 38.6 Å². The van der Waals surface area contributed by atoms with Crippen LogP contribution in [0.15, 0.2) is 84.9 Å². The van der Waals surface area contributed by atoms with Crippen LogP contribution in [0.4, 0.5) is 11.4 Å². The summed E-state index contributed by atoms with van der Waals surface area (Å²) in [6, 6.07) is 30.9. The van der Waals surface area contributed by atoms with Crippen LogP contribution in [-0.2, 0) is 19.3 Å². The van der Waals surface area contributed by atoms with E-state index >= 15 is 0 Å². The highest BCUT2D eigenvalue weighted by Gasteiger charge is 2.18. The highest BCUT2D eigenvalue weighted by atomic mass is 16.5. The fourth-order valence-corrected chi connectivity index (χ4v) is 6.45. The molecule has 0 bridgehead atoms. The number of fused-ring (bicyclic) bond motifs is 2. The van der Waals surface area contributed by atoms with Gasteiger partial charge in [-0.1, -0.05) is 117 Å². The maximum atomic E-state index is 5.05. The van der Waals surface area contributed by atoms with Crippen molar-refractivity contribution in [2.24, 2.45) is 0 Å². The van der Waals surface area contributed by atoms with Crippen molar-refractivity contribution < 1.29 is 4.74 Å². The Balaban J connectivity index is 0.000000182. The van der Waals surface area contributed by atoms with Gasteiger partial charge in [-0.15, -0.1) is 0 Å². The minimum Gasteiger partial charge on any atom is -0.497 e. The van der Waals surface area contributed by atoms with Crippen molar-refractivity contribution in [2.75, 3.05) is 44.1 Å². The standard InChI is InChI=1S/C14H21N.C12H16.C11H17N.C10H14O/c1-4-8-15-9-7-13-10-12(11(2)3)5-6-14(13)15;1-9(2)11-7-6-10-4-3-5-12(10)8-11;1-9(2)10-5-7-11(8-6-10)12(3)4;1-8(2)9-4-6-10(11-3)7-5-9/h5-6,10-11H,4,7-9H2,1-3H3;6-9H,3-5H2,1-2H3;5-9H,1-4H3;4-8H,1-3H3. The Morgan fingerprint density at radius 3 is 1.56 bits per heavy atom. The summed E-state index contributed by atoms with van der Waals surface area (Å²) in [5, 5.41) is 0. The molecule has 0 atom stereocenters. The average Bonchev–Trinajstić information content (AvgIpc) is 3.75. The summed E-state index contributed by atoms with van der Waals surface area (Å²) in [5.41, 5.74) is 13.2. The molecule has 1 heterocycles. The van der Waals surface area contributed by atoms with Crippen LogP contribution in [-0.4, -0.2) is 34.3 Å². The van der Waals surface area contributed by atoms with Gasteiger partial charge in [0.2, 0.25) is 0 Å². The van der Waals surface area contributed by atoms with Crippen molar-refractivity contribution in [3.63, 3.8) is 0 Å². The number of hydrogen-bond donors (Lipinski definition) is 0. The fourth-order valence-electron chi connectivity index (χ4n) is 6.45. The quantitative estimate of drug-likeness (QED) is 0.185. The van der Waals surface area contributed by atoms with Crippen molar-refractivity contribution in [1.29, 1.82) is 0 Å². The zero-order valence-electron chi connectivity index (χ0n) is 33.6. The molecule has 3 heteroatoms. The first-order valence-electron chi connectivity index (χ1n) is 19.2. The van der Waals surface area contributed by atoms with Crippen LogP contribution in [0, 0.1) is 0 Å². The Labute approximate surface area is 307 Å². The summed E-state index contributed by atoms with van der Waals surface area (Å²) in [5.74, 6) is 3.47. The summed E-state index contributed by atoms with van der Waals surface area (Å²) >= 11 is 0. The van der Waals surface area contributed by atoms with Crippen molar-refractivity contribution in [1.82, 2.24) is 0 Å². The number of nitrogens with zero attached hydrogens (tertiary/aromatic N) is 2. The zero-order chi connectivity index (χ0) is 36.8. The molecule has 50 heavy (non-hydrogen) atoms. The van der Waals surface area contributed by atoms with Gasteiger partial charge in [-0.25, -0.2) is 0 Å². The first kappa shape index (κ1) is 40.7. The molecule has 0 saturated heterocycles. The lowest BCUT2D eigenvalue weighted by Gasteiger charge is -2.18. The van der Waals surface area contributed by atoms with Gasteiger partial charge in [0.1, 0.15) is 5.75 Å². The molecule has 0 N–H and O–H groups in total. The Morgan fingerprint density at radius 1 is 0.580 bits per heavy atom. The number of ether oxygens (including phenoxy) is 1. The molecule has 272 valence electrons. The largest absolute Gasteiger partial charge is 0.497 e. The molecule has 0 radical (unpaired) electrons. The van der Waals surface area contributed by atoms with Gasteiger partial charge in [0.05, 0.1) is 7.11 Å². The molecule has 4 aromatic rings. The van der Waals surface area contributed by atoms with E-state index in [4.69, 9.17) is 4.74 Å². The van der Waals surface area contributed by atoms with Crippen LogP contribution >= 0.6 is 0 Å². The SMILES string of the molecule is CC(C)c1ccc(N(C)C)cc1.CC(C)c1ccc2c(c1)CCC2.CCCN1CCc2cc(C(C)C)ccc21.COc1ccc(C(C)C)cc1. The summed E-state index contributed by atoms with van der Waals surface area (Å²) in [6.07, 6.45) is 6.43. The van der Waals surface area contributed by atoms with Crippen LogP contribution in [0.5, 0.6) is 5.75 Å². The van der Waals surface area contributed by atoms with Gasteiger partial charge < -0.3 is 14.5 Å². The number of anilines is 2. The minimum absolute atomic E-state index is 0.598. The van der Waals surface area contributed by atoms with Gasteiger partial charge in [-0.2, -0.15) is 0 Å². The monoisotopic (exact) mass is 677 g/mol. The normalized spacial score (nSPS) is 12.8. The number of aryl methyl sites for hydroxylation is 2. The zero-order valence-corrected chi connectivity index (χ0v) is 33.6. The molecule has 6 rings (SSSR count). The van der Waals surface area contributed by atoms with E-state index in [0.717, 1.165) is 5.75 Å². The van der Waals surface area contributed by atoms with Gasteiger partial charge in [-0.3, -0.25) is 0 Å². The maximum Gasteiger partial charge on any atom is 0.118 e. The van der Waals surface area contributed by atoms with Crippen LogP contribution in [0.3, 0.4) is 0 Å². The second-order valence-corrected chi connectivity index (χ2v) is 15.4. The topological polar surface area (TPSA) is 15.7 Å². The van der Waals surface area contributed by atoms with Gasteiger partial charge in [0.15, 0.2) is 0 Å². The van der Waals surface area contributed by atoms with Crippen molar-refractivity contribution in [3.05, 3.63) is 124 Å². The van der Waals surface area contributed by atoms with Crippen LogP contribution in [0.2, 0.25) is 0 Å². The van der Waals surface area contributed by atoms with E-state index in [2.05, 4.69) is 159 Å². The number of hydrogen-bond acceptors (Lipinski definition) is 3. The van der Waals surface area contributed by atoms with E-state index in [1.165, 1.54) is 78.8 Å². The molecule has 4 aromatic carbocycles. The number of benzene rings is 4. The summed E-state index contributed by atoms with van der Waals surface area (Å²) in [6.45, 7) is 22.5. The number of rotatable bonds is 8. The molecule has 0 aromatic heterocycles. The lowest BCUT2D eigenvalue weighted by molar-refractivity contribution is 0.414. The smallest absolute Gasteiger partial charge is 0.118 e. The van der Waals surface area contributed by atoms with E-state index in [1.54, 1.807) is 23.8 Å². The molecule has 1 aliphatic heterocycles. The van der Waals surface area contributed by atoms with Crippen molar-refractivity contribution >= 4 is 11.4 Å². The van der Waals surface area contributed by atoms with Gasteiger partial charge in [-0.05, 0) is 125 Å². The second-order valence-electron chi connectivity index (χ2n) is 15.4. The maximum absolute atomic E-state index is 5.05. The van der Waals surface area contributed by atoms with E-state index in [9.17, 15) is 0 Å². The Hall–Kier alpha value is -3.72. The minimum atomic E-state index is 0.598. The lowest BCUT2D eigenvalue weighted by atomic mass is 9.99. The van der Waals surface area contributed by atoms with Gasteiger partial charge >= 0.3 is 0 Å². The average molecular weight is 677 g/mol. The Bertz CT molecular complexity index is 1520. The summed E-state index contributed by atoms with van der Waals surface area (Å²) < 4.78 is 5.05. The third kappa shape index (κ3) is 12.3. The number of methoxy groups -OCH3 is 1.